The van der Waals surface area contributed by atoms with Crippen molar-refractivity contribution in [3.63, 3.8) is 0 Å². The predicted octanol–water partition coefficient (Wildman–Crippen LogP) is 5.07. The number of nitrogens with zero attached hydrogens (tertiary/aromatic N) is 4. The number of halogens is 6. The smallest absolute Gasteiger partial charge is 0.310 e. The number of aliphatic hydroxyl groups excluding tert-OH is 2. The lowest BCUT2D eigenvalue weighted by molar-refractivity contribution is -0.0682. The average Bonchev–Trinajstić information content (AvgIpc) is 3.43. The summed E-state index contributed by atoms with van der Waals surface area (Å²) in [5.41, 5.74) is 1.46. The van der Waals surface area contributed by atoms with E-state index in [0.717, 1.165) is 12.1 Å². The molecule has 0 saturated carbocycles. The van der Waals surface area contributed by atoms with Crippen LogP contribution in [0.3, 0.4) is 0 Å². The molecule has 2 aromatic carbocycles. The third-order valence-electron chi connectivity index (χ3n) is 6.24. The number of aliphatic hydroxyl groups is 2. The predicted molar refractivity (Wildman–Crippen MR) is 132 cm³/mol. The lowest BCUT2D eigenvalue weighted by Crippen LogP contribution is -2.33. The number of aromatic nitrogens is 4. The van der Waals surface area contributed by atoms with Crippen molar-refractivity contribution < 1.29 is 43.5 Å². The molecule has 3 heterocycles. The van der Waals surface area contributed by atoms with Crippen molar-refractivity contribution in [2.75, 3.05) is 11.9 Å². The van der Waals surface area contributed by atoms with Crippen molar-refractivity contribution in [2.24, 2.45) is 0 Å². The lowest BCUT2D eigenvalue weighted by atomic mass is 10.1. The van der Waals surface area contributed by atoms with E-state index >= 15 is 0 Å². The van der Waals surface area contributed by atoms with Gasteiger partial charge in [0.15, 0.2) is 23.2 Å². The van der Waals surface area contributed by atoms with Crippen LogP contribution in [0.15, 0.2) is 66.1 Å². The van der Waals surface area contributed by atoms with Crippen LogP contribution in [-0.4, -0.2) is 54.7 Å². The second-order valence-corrected chi connectivity index (χ2v) is 11.6. The fourth-order valence-corrected chi connectivity index (χ4v) is 4.88. The molecule has 3 N–H and O–H groups in total. The highest BCUT2D eigenvalue weighted by molar-refractivity contribution is 8.45. The summed E-state index contributed by atoms with van der Waals surface area (Å²) in [5.74, 6) is -0.0389. The zero-order chi connectivity index (χ0) is 28.8. The van der Waals surface area contributed by atoms with E-state index in [2.05, 4.69) is 20.3 Å². The number of fused-ring (bicyclic) bond motifs is 1. The summed E-state index contributed by atoms with van der Waals surface area (Å²) in [6.07, 6.45) is -2.36. The first-order valence-corrected chi connectivity index (χ1v) is 13.7. The van der Waals surface area contributed by atoms with Gasteiger partial charge in [0, 0.05) is 6.54 Å². The first-order valence-electron chi connectivity index (χ1n) is 11.8. The van der Waals surface area contributed by atoms with Crippen molar-refractivity contribution in [1.29, 1.82) is 0 Å². The molecule has 4 atom stereocenters. The second-order valence-electron chi connectivity index (χ2n) is 9.20. The van der Waals surface area contributed by atoms with Gasteiger partial charge in [0.25, 0.3) is 0 Å². The molecule has 216 valence electrons. The standard InChI is InChI=1S/C24H23F6N5O4S/c25-16-3-1-2-15(8-16)9-31-22-19-23(33-12-32-22)35(13-34-19)24-21(37)20(36)18(39-24)11-38-10-14-4-6-17(7-5-14)40(26,27,28,29)30/h1-8,12-13,18,20-21,24,36-37H,9-11H2,(H,31,32,33)/t18-,20-,21-,24-/m1/s1. The molecular weight excluding hydrogens is 568 g/mol. The molecule has 2 aromatic heterocycles. The average molecular weight is 592 g/mol. The Morgan fingerprint density at radius 2 is 1.70 bits per heavy atom. The maximum Gasteiger partial charge on any atom is 0.310 e. The van der Waals surface area contributed by atoms with Gasteiger partial charge in [-0.15, -0.1) is 0 Å². The van der Waals surface area contributed by atoms with Crippen LogP contribution in [0.4, 0.5) is 29.6 Å². The van der Waals surface area contributed by atoms with Crippen molar-refractivity contribution in [1.82, 2.24) is 19.5 Å². The van der Waals surface area contributed by atoms with Gasteiger partial charge >= 0.3 is 10.2 Å². The molecule has 5 rings (SSSR count). The molecule has 4 aromatic rings. The minimum absolute atomic E-state index is 0.186. The number of benzene rings is 2. The van der Waals surface area contributed by atoms with Crippen LogP contribution in [0.5, 0.6) is 0 Å². The quantitative estimate of drug-likeness (QED) is 0.231. The summed E-state index contributed by atoms with van der Waals surface area (Å²) in [6, 6.07) is 8.31. The molecule has 1 aliphatic heterocycles. The number of rotatable bonds is 9. The molecule has 1 aliphatic rings. The highest BCUT2D eigenvalue weighted by atomic mass is 32.5. The van der Waals surface area contributed by atoms with Gasteiger partial charge in [0.2, 0.25) is 0 Å². The molecule has 0 aliphatic carbocycles. The number of ether oxygens (including phenoxy) is 2. The van der Waals surface area contributed by atoms with E-state index in [1.807, 2.05) is 0 Å². The van der Waals surface area contributed by atoms with Gasteiger partial charge < -0.3 is 25.0 Å². The van der Waals surface area contributed by atoms with E-state index in [-0.39, 0.29) is 48.9 Å². The third kappa shape index (κ3) is 6.00. The number of anilines is 1. The minimum Gasteiger partial charge on any atom is -0.387 e. The van der Waals surface area contributed by atoms with Gasteiger partial charge in [-0.2, -0.15) is 0 Å². The largest absolute Gasteiger partial charge is 0.387 e. The van der Waals surface area contributed by atoms with Gasteiger partial charge in [-0.3, -0.25) is 4.57 Å². The minimum atomic E-state index is -9.77. The van der Waals surface area contributed by atoms with Gasteiger partial charge in [-0.05, 0) is 35.4 Å². The van der Waals surface area contributed by atoms with Crippen molar-refractivity contribution in [3.05, 3.63) is 78.1 Å². The first kappa shape index (κ1) is 28.1. The zero-order valence-corrected chi connectivity index (χ0v) is 21.2. The fourth-order valence-electron chi connectivity index (χ4n) is 4.23. The monoisotopic (exact) mass is 591 g/mol. The number of nitrogens with one attached hydrogen (secondary N) is 1. The topological polar surface area (TPSA) is 115 Å². The van der Waals surface area contributed by atoms with Crippen LogP contribution < -0.4 is 5.32 Å². The van der Waals surface area contributed by atoms with Gasteiger partial charge in [0.05, 0.1) is 19.5 Å². The summed E-state index contributed by atoms with van der Waals surface area (Å²) in [6.45, 7) is -0.268. The molecule has 0 radical (unpaired) electrons. The lowest BCUT2D eigenvalue weighted by Gasteiger charge is -2.40. The van der Waals surface area contributed by atoms with E-state index in [9.17, 15) is 34.0 Å². The van der Waals surface area contributed by atoms with Gasteiger partial charge in [0.1, 0.15) is 35.4 Å². The van der Waals surface area contributed by atoms with E-state index in [4.69, 9.17) is 9.47 Å². The highest BCUT2D eigenvalue weighted by Crippen LogP contribution is 3.02. The van der Waals surface area contributed by atoms with E-state index in [1.165, 1.54) is 29.4 Å². The molecule has 16 heteroatoms. The maximum atomic E-state index is 13.5. The van der Waals surface area contributed by atoms with Crippen LogP contribution in [0.2, 0.25) is 0 Å². The van der Waals surface area contributed by atoms with Crippen molar-refractivity contribution >= 4 is 27.2 Å². The SMILES string of the molecule is O[C@@H]1[C@H](O)[C@@H](COCc2ccc(S(F)(F)(F)(F)F)cc2)O[C@H]1n1cnc2c(NCc3cccc(F)c3)ncnc21. The Hall–Kier alpha value is -3.44. The number of hydrogen-bond acceptors (Lipinski definition) is 8. The van der Waals surface area contributed by atoms with Crippen molar-refractivity contribution in [3.8, 4) is 0 Å². The molecule has 0 amide bonds. The zero-order valence-electron chi connectivity index (χ0n) is 20.4. The molecule has 40 heavy (non-hydrogen) atoms. The normalized spacial score (nSPS) is 23.2. The Labute approximate surface area is 223 Å². The van der Waals surface area contributed by atoms with Gasteiger partial charge in [-0.25, -0.2) is 19.3 Å². The highest BCUT2D eigenvalue weighted by Gasteiger charge is 2.65. The first-order chi connectivity index (χ1) is 18.7. The second kappa shape index (κ2) is 9.59. The summed E-state index contributed by atoms with van der Waals surface area (Å²) in [4.78, 5) is 10.6. The summed E-state index contributed by atoms with van der Waals surface area (Å²) in [5, 5.41) is 24.2. The van der Waals surface area contributed by atoms with Crippen LogP contribution >= 0.6 is 10.2 Å². The summed E-state index contributed by atoms with van der Waals surface area (Å²) in [7, 11) is -9.77. The summed E-state index contributed by atoms with van der Waals surface area (Å²) >= 11 is 0. The van der Waals surface area contributed by atoms with Crippen LogP contribution in [0.1, 0.15) is 17.4 Å². The number of imidazole rings is 1. The Bertz CT molecular complexity index is 1520. The van der Waals surface area contributed by atoms with Crippen molar-refractivity contribution in [2.45, 2.75) is 42.6 Å². The van der Waals surface area contributed by atoms with Crippen LogP contribution in [0, 0.1) is 5.82 Å². The van der Waals surface area contributed by atoms with Crippen LogP contribution in [-0.2, 0) is 22.6 Å². The maximum absolute atomic E-state index is 13.5. The Kier molecular flexibility index (Phi) is 6.74. The molecular formula is C24H23F6N5O4S. The summed E-state index contributed by atoms with van der Waals surface area (Å²) < 4.78 is 90.5. The van der Waals surface area contributed by atoms with E-state index in [0.29, 0.717) is 16.9 Å². The molecule has 0 spiro atoms. The molecule has 1 fully saturated rings. The Balaban J connectivity index is 1.23. The Morgan fingerprint density at radius 3 is 2.40 bits per heavy atom. The van der Waals surface area contributed by atoms with Gasteiger partial charge in [-0.1, -0.05) is 43.7 Å². The number of hydrogen-bond donors (Lipinski definition) is 3. The molecule has 1 saturated heterocycles. The third-order valence-corrected chi connectivity index (χ3v) is 7.40. The van der Waals surface area contributed by atoms with Crippen LogP contribution in [0.25, 0.3) is 11.2 Å². The van der Waals surface area contributed by atoms with E-state index in [1.54, 1.807) is 12.1 Å². The molecule has 0 unspecified atom stereocenters. The fraction of sp³-hybridized carbons (Fsp3) is 0.292. The Morgan fingerprint density at radius 1 is 0.950 bits per heavy atom. The molecule has 0 bridgehead atoms. The van der Waals surface area contributed by atoms with E-state index < -0.39 is 39.7 Å². The molecule has 9 nitrogen and oxygen atoms in total.